The van der Waals surface area contributed by atoms with Crippen LogP contribution in [0.2, 0.25) is 0 Å². The van der Waals surface area contributed by atoms with Gasteiger partial charge in [0.1, 0.15) is 0 Å². The molecule has 13 heavy (non-hydrogen) atoms. The minimum absolute atomic E-state index is 0.0497. The standard InChI is InChI=1S/C9H9Br2NO/c1-6-3-2-4-7(9(6)11)12-8(13)5-10/h2-4H,5H2,1H3,(H,12,13). The zero-order valence-electron chi connectivity index (χ0n) is 7.10. The molecule has 0 unspecified atom stereocenters. The van der Waals surface area contributed by atoms with Crippen molar-refractivity contribution in [1.29, 1.82) is 0 Å². The first kappa shape index (κ1) is 10.7. The lowest BCUT2D eigenvalue weighted by molar-refractivity contribution is -0.113. The summed E-state index contributed by atoms with van der Waals surface area (Å²) < 4.78 is 0.935. The Morgan fingerprint density at radius 1 is 1.54 bits per heavy atom. The summed E-state index contributed by atoms with van der Waals surface area (Å²) in [6.45, 7) is 1.98. The molecule has 0 fully saturated rings. The molecule has 0 spiro atoms. The molecule has 1 amide bonds. The highest BCUT2D eigenvalue weighted by atomic mass is 79.9. The van der Waals surface area contributed by atoms with Crippen molar-refractivity contribution < 1.29 is 4.79 Å². The predicted octanol–water partition coefficient (Wildman–Crippen LogP) is 3.09. The highest BCUT2D eigenvalue weighted by Gasteiger charge is 2.04. The molecule has 0 aliphatic rings. The normalized spacial score (nSPS) is 9.77. The van der Waals surface area contributed by atoms with Gasteiger partial charge >= 0.3 is 0 Å². The van der Waals surface area contributed by atoms with E-state index < -0.39 is 0 Å². The molecule has 0 bridgehead atoms. The van der Waals surface area contributed by atoms with Crippen molar-refractivity contribution in [1.82, 2.24) is 0 Å². The number of hydrogen-bond donors (Lipinski definition) is 1. The average Bonchev–Trinajstić information content (AvgIpc) is 2.13. The van der Waals surface area contributed by atoms with Gasteiger partial charge in [-0.05, 0) is 34.5 Å². The van der Waals surface area contributed by atoms with Crippen LogP contribution in [-0.2, 0) is 4.79 Å². The molecule has 2 nitrogen and oxygen atoms in total. The lowest BCUT2D eigenvalue weighted by Crippen LogP contribution is -2.12. The number of hydrogen-bond acceptors (Lipinski definition) is 1. The molecule has 0 saturated heterocycles. The predicted molar refractivity (Wildman–Crippen MR) is 61.3 cm³/mol. The molecule has 1 N–H and O–H groups in total. The summed E-state index contributed by atoms with van der Waals surface area (Å²) >= 11 is 6.50. The molecular weight excluding hydrogens is 298 g/mol. The first-order valence-electron chi connectivity index (χ1n) is 3.76. The smallest absolute Gasteiger partial charge is 0.235 e. The number of halogens is 2. The molecule has 70 valence electrons. The van der Waals surface area contributed by atoms with Gasteiger partial charge in [-0.3, -0.25) is 4.79 Å². The van der Waals surface area contributed by atoms with Gasteiger partial charge in [0.05, 0.1) is 11.0 Å². The van der Waals surface area contributed by atoms with Crippen LogP contribution in [0.1, 0.15) is 5.56 Å². The average molecular weight is 307 g/mol. The third-order valence-corrected chi connectivity index (χ3v) is 3.15. The Balaban J connectivity index is 2.89. The molecule has 0 aliphatic carbocycles. The summed E-state index contributed by atoms with van der Waals surface area (Å²) in [7, 11) is 0. The minimum Gasteiger partial charge on any atom is -0.324 e. The molecule has 1 aromatic carbocycles. The van der Waals surface area contributed by atoms with Gasteiger partial charge in [0.25, 0.3) is 0 Å². The van der Waals surface area contributed by atoms with E-state index in [9.17, 15) is 4.79 Å². The Hall–Kier alpha value is -0.350. The highest BCUT2D eigenvalue weighted by Crippen LogP contribution is 2.25. The Morgan fingerprint density at radius 3 is 2.85 bits per heavy atom. The first-order chi connectivity index (χ1) is 6.15. The fourth-order valence-corrected chi connectivity index (χ4v) is 1.43. The zero-order chi connectivity index (χ0) is 9.84. The number of alkyl halides is 1. The van der Waals surface area contributed by atoms with E-state index in [0.29, 0.717) is 5.33 Å². The molecule has 0 heterocycles. The summed E-state index contributed by atoms with van der Waals surface area (Å²) in [6, 6.07) is 5.75. The molecule has 1 rings (SSSR count). The zero-order valence-corrected chi connectivity index (χ0v) is 10.3. The van der Waals surface area contributed by atoms with Crippen LogP contribution >= 0.6 is 31.9 Å². The van der Waals surface area contributed by atoms with Crippen molar-refractivity contribution in [3.63, 3.8) is 0 Å². The second-order valence-electron chi connectivity index (χ2n) is 2.62. The molecule has 0 saturated carbocycles. The number of anilines is 1. The van der Waals surface area contributed by atoms with Gasteiger partial charge < -0.3 is 5.32 Å². The largest absolute Gasteiger partial charge is 0.324 e. The molecule has 1 aromatic rings. The van der Waals surface area contributed by atoms with Crippen LogP contribution in [0.3, 0.4) is 0 Å². The van der Waals surface area contributed by atoms with Gasteiger partial charge in [0, 0.05) is 4.47 Å². The molecular formula is C9H9Br2NO. The number of amides is 1. The van der Waals surface area contributed by atoms with Gasteiger partial charge in [0.15, 0.2) is 0 Å². The van der Waals surface area contributed by atoms with Crippen molar-refractivity contribution in [3.05, 3.63) is 28.2 Å². The third kappa shape index (κ3) is 2.81. The summed E-state index contributed by atoms with van der Waals surface area (Å²) in [5.74, 6) is -0.0497. The Bertz CT molecular complexity index is 325. The monoisotopic (exact) mass is 305 g/mol. The number of aryl methyl sites for hydroxylation is 1. The van der Waals surface area contributed by atoms with Gasteiger partial charge in [-0.2, -0.15) is 0 Å². The van der Waals surface area contributed by atoms with E-state index in [2.05, 4.69) is 37.2 Å². The van der Waals surface area contributed by atoms with Gasteiger partial charge in [-0.15, -0.1) is 0 Å². The maximum atomic E-state index is 11.1. The summed E-state index contributed by atoms with van der Waals surface area (Å²) in [6.07, 6.45) is 0. The highest BCUT2D eigenvalue weighted by molar-refractivity contribution is 9.10. The molecule has 0 aliphatic heterocycles. The van der Waals surface area contributed by atoms with E-state index >= 15 is 0 Å². The van der Waals surface area contributed by atoms with Crippen LogP contribution in [0, 0.1) is 6.92 Å². The maximum Gasteiger partial charge on any atom is 0.235 e. The van der Waals surface area contributed by atoms with E-state index in [-0.39, 0.29) is 5.91 Å². The molecule has 0 aromatic heterocycles. The molecule has 0 atom stereocenters. The second kappa shape index (κ2) is 4.77. The molecule has 4 heteroatoms. The summed E-state index contributed by atoms with van der Waals surface area (Å²) in [4.78, 5) is 11.1. The van der Waals surface area contributed by atoms with Crippen molar-refractivity contribution in [2.75, 3.05) is 10.6 Å². The van der Waals surface area contributed by atoms with Crippen LogP contribution in [0.4, 0.5) is 5.69 Å². The second-order valence-corrected chi connectivity index (χ2v) is 3.97. The topological polar surface area (TPSA) is 29.1 Å². The van der Waals surface area contributed by atoms with Crippen molar-refractivity contribution in [3.8, 4) is 0 Å². The van der Waals surface area contributed by atoms with Crippen LogP contribution in [-0.4, -0.2) is 11.2 Å². The number of rotatable bonds is 2. The number of benzene rings is 1. The number of carbonyl (C=O) groups is 1. The van der Waals surface area contributed by atoms with E-state index in [1.165, 1.54) is 0 Å². The SMILES string of the molecule is Cc1cccc(NC(=O)CBr)c1Br. The van der Waals surface area contributed by atoms with Crippen LogP contribution in [0.5, 0.6) is 0 Å². The first-order valence-corrected chi connectivity index (χ1v) is 5.67. The fraction of sp³-hybridized carbons (Fsp3) is 0.222. The summed E-state index contributed by atoms with van der Waals surface area (Å²) in [5.41, 5.74) is 1.91. The van der Waals surface area contributed by atoms with E-state index in [0.717, 1.165) is 15.7 Å². The van der Waals surface area contributed by atoms with Crippen LogP contribution < -0.4 is 5.32 Å². The fourth-order valence-electron chi connectivity index (χ4n) is 0.928. The van der Waals surface area contributed by atoms with E-state index in [4.69, 9.17) is 0 Å². The Labute approximate surface area is 94.0 Å². The van der Waals surface area contributed by atoms with Gasteiger partial charge in [-0.25, -0.2) is 0 Å². The third-order valence-electron chi connectivity index (χ3n) is 1.59. The van der Waals surface area contributed by atoms with Gasteiger partial charge in [-0.1, -0.05) is 28.1 Å². The number of nitrogens with one attached hydrogen (secondary N) is 1. The lowest BCUT2D eigenvalue weighted by atomic mass is 10.2. The van der Waals surface area contributed by atoms with Crippen molar-refractivity contribution in [2.24, 2.45) is 0 Å². The quantitative estimate of drug-likeness (QED) is 0.836. The van der Waals surface area contributed by atoms with Crippen LogP contribution in [0.25, 0.3) is 0 Å². The van der Waals surface area contributed by atoms with Gasteiger partial charge in [0.2, 0.25) is 5.91 Å². The lowest BCUT2D eigenvalue weighted by Gasteiger charge is -2.07. The van der Waals surface area contributed by atoms with Crippen molar-refractivity contribution >= 4 is 43.5 Å². The van der Waals surface area contributed by atoms with Crippen LogP contribution in [0.15, 0.2) is 22.7 Å². The minimum atomic E-state index is -0.0497. The summed E-state index contributed by atoms with van der Waals surface area (Å²) in [5, 5.41) is 3.08. The van der Waals surface area contributed by atoms with E-state index in [1.807, 2.05) is 25.1 Å². The molecule has 0 radical (unpaired) electrons. The number of carbonyl (C=O) groups excluding carboxylic acids is 1. The van der Waals surface area contributed by atoms with Crippen molar-refractivity contribution in [2.45, 2.75) is 6.92 Å². The van der Waals surface area contributed by atoms with E-state index in [1.54, 1.807) is 0 Å². The maximum absolute atomic E-state index is 11.1. The Morgan fingerprint density at radius 2 is 2.23 bits per heavy atom. The Kier molecular flexibility index (Phi) is 3.93.